The highest BCUT2D eigenvalue weighted by Gasteiger charge is 2.34. The third-order valence-electron chi connectivity index (χ3n) is 4.63. The summed E-state index contributed by atoms with van der Waals surface area (Å²) in [4.78, 5) is 16.7. The molecule has 24 heavy (non-hydrogen) atoms. The van der Waals surface area contributed by atoms with Gasteiger partial charge in [0, 0.05) is 32.2 Å². The number of nitrogens with two attached hydrogens (primary N) is 1. The fraction of sp³-hybridized carbons (Fsp3) is 0.611. The summed E-state index contributed by atoms with van der Waals surface area (Å²) in [6, 6.07) is 11.3. The van der Waals surface area contributed by atoms with Crippen molar-refractivity contribution >= 4 is 30.7 Å². The molecule has 2 unspecified atom stereocenters. The van der Waals surface area contributed by atoms with Gasteiger partial charge in [-0.15, -0.1) is 24.8 Å². The number of carbonyl (C=O) groups excluding carboxylic acids is 1. The van der Waals surface area contributed by atoms with Gasteiger partial charge in [-0.2, -0.15) is 0 Å². The summed E-state index contributed by atoms with van der Waals surface area (Å²) >= 11 is 0. The molecular weight excluding hydrogens is 345 g/mol. The second-order valence-corrected chi connectivity index (χ2v) is 7.12. The molecule has 1 heterocycles. The lowest BCUT2D eigenvalue weighted by atomic mass is 9.94. The predicted molar refractivity (Wildman–Crippen MR) is 105 cm³/mol. The molecule has 0 saturated carbocycles. The maximum atomic E-state index is 12.3. The van der Waals surface area contributed by atoms with Gasteiger partial charge in [0.1, 0.15) is 0 Å². The van der Waals surface area contributed by atoms with Crippen molar-refractivity contribution in [1.29, 1.82) is 0 Å². The topological polar surface area (TPSA) is 49.6 Å². The number of likely N-dealkylation sites (tertiary alicyclic amines) is 1. The van der Waals surface area contributed by atoms with Crippen molar-refractivity contribution in [3.8, 4) is 0 Å². The molecule has 0 radical (unpaired) electrons. The molecule has 2 atom stereocenters. The Morgan fingerprint density at radius 3 is 2.38 bits per heavy atom. The quantitative estimate of drug-likeness (QED) is 0.879. The van der Waals surface area contributed by atoms with Crippen LogP contribution in [0.15, 0.2) is 30.3 Å². The van der Waals surface area contributed by atoms with E-state index in [1.54, 1.807) is 13.8 Å². The molecule has 1 fully saturated rings. The van der Waals surface area contributed by atoms with Crippen molar-refractivity contribution in [3.63, 3.8) is 0 Å². The number of hydrogen-bond donors (Lipinski definition) is 1. The molecular formula is C18H31Cl2N3O. The van der Waals surface area contributed by atoms with Crippen molar-refractivity contribution < 1.29 is 4.79 Å². The number of carbonyl (C=O) groups is 1. The van der Waals surface area contributed by atoms with Crippen LogP contribution < -0.4 is 5.73 Å². The van der Waals surface area contributed by atoms with Gasteiger partial charge in [0.25, 0.3) is 0 Å². The van der Waals surface area contributed by atoms with Crippen molar-refractivity contribution in [2.45, 2.75) is 57.8 Å². The van der Waals surface area contributed by atoms with Gasteiger partial charge in [-0.25, -0.2) is 0 Å². The highest BCUT2D eigenvalue weighted by Crippen LogP contribution is 2.24. The van der Waals surface area contributed by atoms with Crippen LogP contribution in [0.5, 0.6) is 0 Å². The highest BCUT2D eigenvalue weighted by molar-refractivity contribution is 5.86. The zero-order valence-electron chi connectivity index (χ0n) is 15.1. The largest absolute Gasteiger partial charge is 0.341 e. The second-order valence-electron chi connectivity index (χ2n) is 7.12. The Labute approximate surface area is 158 Å². The highest BCUT2D eigenvalue weighted by atomic mass is 35.5. The zero-order valence-corrected chi connectivity index (χ0v) is 16.7. The first kappa shape index (κ1) is 23.2. The molecule has 0 aromatic heterocycles. The molecule has 1 aromatic carbocycles. The standard InChI is InChI=1S/C18H29N3O.2ClH/c1-14-12-16(20(4)17(22)18(2,3)19)10-11-21(14)13-15-8-6-5-7-9-15;;/h5-9,14,16H,10-13,19H2,1-4H3;2*1H. The van der Waals surface area contributed by atoms with Crippen molar-refractivity contribution in [1.82, 2.24) is 9.80 Å². The first-order chi connectivity index (χ1) is 10.3. The van der Waals surface area contributed by atoms with Crippen molar-refractivity contribution in [2.24, 2.45) is 5.73 Å². The smallest absolute Gasteiger partial charge is 0.242 e. The van der Waals surface area contributed by atoms with Gasteiger partial charge in [-0.3, -0.25) is 9.69 Å². The Hall–Kier alpha value is -0.810. The van der Waals surface area contributed by atoms with Gasteiger partial charge >= 0.3 is 0 Å². The number of benzene rings is 1. The first-order valence-corrected chi connectivity index (χ1v) is 8.13. The lowest BCUT2D eigenvalue weighted by Crippen LogP contribution is -2.56. The summed E-state index contributed by atoms with van der Waals surface area (Å²) < 4.78 is 0. The van der Waals surface area contributed by atoms with Crippen LogP contribution in [0.2, 0.25) is 0 Å². The van der Waals surface area contributed by atoms with Crippen LogP contribution in [0.25, 0.3) is 0 Å². The van der Waals surface area contributed by atoms with Gasteiger partial charge in [0.15, 0.2) is 0 Å². The van der Waals surface area contributed by atoms with Crippen molar-refractivity contribution in [2.75, 3.05) is 13.6 Å². The molecule has 138 valence electrons. The fourth-order valence-corrected chi connectivity index (χ4v) is 3.22. The third kappa shape index (κ3) is 5.92. The number of piperidine rings is 1. The monoisotopic (exact) mass is 375 g/mol. The SMILES string of the molecule is CC1CC(N(C)C(=O)C(C)(C)N)CCN1Cc1ccccc1.Cl.Cl. The van der Waals surface area contributed by atoms with E-state index in [1.807, 2.05) is 18.0 Å². The average molecular weight is 376 g/mol. The lowest BCUT2D eigenvalue weighted by molar-refractivity contribution is -0.137. The van der Waals surface area contributed by atoms with E-state index in [9.17, 15) is 4.79 Å². The Morgan fingerprint density at radius 2 is 1.88 bits per heavy atom. The van der Waals surface area contributed by atoms with Gasteiger partial charge in [0.2, 0.25) is 5.91 Å². The maximum Gasteiger partial charge on any atom is 0.242 e. The van der Waals surface area contributed by atoms with Gasteiger partial charge in [0.05, 0.1) is 5.54 Å². The number of hydrogen-bond acceptors (Lipinski definition) is 3. The van der Waals surface area contributed by atoms with Crippen LogP contribution in [0, 0.1) is 0 Å². The van der Waals surface area contributed by atoms with Gasteiger partial charge in [-0.05, 0) is 39.2 Å². The summed E-state index contributed by atoms with van der Waals surface area (Å²) in [5.41, 5.74) is 6.50. The van der Waals surface area contributed by atoms with E-state index in [1.165, 1.54) is 5.56 Å². The molecule has 1 aromatic rings. The summed E-state index contributed by atoms with van der Waals surface area (Å²) in [5, 5.41) is 0. The first-order valence-electron chi connectivity index (χ1n) is 8.13. The molecule has 0 aliphatic carbocycles. The molecule has 1 saturated heterocycles. The minimum atomic E-state index is -0.792. The number of likely N-dealkylation sites (N-methyl/N-ethyl adjacent to an activating group) is 1. The van der Waals surface area contributed by atoms with Crippen molar-refractivity contribution in [3.05, 3.63) is 35.9 Å². The summed E-state index contributed by atoms with van der Waals surface area (Å²) in [7, 11) is 1.89. The lowest BCUT2D eigenvalue weighted by Gasteiger charge is -2.42. The van der Waals surface area contributed by atoms with Crippen LogP contribution in [0.1, 0.15) is 39.2 Å². The Balaban J connectivity index is 0.00000264. The minimum Gasteiger partial charge on any atom is -0.341 e. The van der Waals surface area contributed by atoms with E-state index in [2.05, 4.69) is 36.1 Å². The molecule has 2 N–H and O–H groups in total. The van der Waals surface area contributed by atoms with E-state index in [0.29, 0.717) is 6.04 Å². The fourth-order valence-electron chi connectivity index (χ4n) is 3.22. The van der Waals surface area contributed by atoms with Gasteiger partial charge in [-0.1, -0.05) is 30.3 Å². The van der Waals surface area contributed by atoms with Crippen LogP contribution in [-0.4, -0.2) is 46.9 Å². The maximum absolute atomic E-state index is 12.3. The van der Waals surface area contributed by atoms with E-state index in [4.69, 9.17) is 5.73 Å². The summed E-state index contributed by atoms with van der Waals surface area (Å²) in [6.07, 6.45) is 2.01. The zero-order chi connectivity index (χ0) is 16.3. The molecule has 4 nitrogen and oxygen atoms in total. The number of halogens is 2. The number of nitrogens with zero attached hydrogens (tertiary/aromatic N) is 2. The van der Waals surface area contributed by atoms with Crippen LogP contribution in [-0.2, 0) is 11.3 Å². The number of rotatable bonds is 4. The number of amides is 1. The van der Waals surface area contributed by atoms with Crippen LogP contribution in [0.4, 0.5) is 0 Å². The molecule has 1 aliphatic heterocycles. The summed E-state index contributed by atoms with van der Waals surface area (Å²) in [6.45, 7) is 7.80. The Bertz CT molecular complexity index is 505. The summed E-state index contributed by atoms with van der Waals surface area (Å²) in [5.74, 6) is 0.0289. The molecule has 0 spiro atoms. The molecule has 0 bridgehead atoms. The normalized spacial score (nSPS) is 21.4. The van der Waals surface area contributed by atoms with E-state index < -0.39 is 5.54 Å². The predicted octanol–water partition coefficient (Wildman–Crippen LogP) is 3.08. The van der Waals surface area contributed by atoms with Gasteiger partial charge < -0.3 is 10.6 Å². The average Bonchev–Trinajstić information content (AvgIpc) is 2.48. The van der Waals surface area contributed by atoms with Crippen LogP contribution in [0.3, 0.4) is 0 Å². The molecule has 6 heteroatoms. The Kier molecular flexibility index (Phi) is 9.29. The third-order valence-corrected chi connectivity index (χ3v) is 4.63. The molecule has 1 amide bonds. The van der Waals surface area contributed by atoms with E-state index in [-0.39, 0.29) is 36.8 Å². The molecule has 1 aliphatic rings. The van der Waals surface area contributed by atoms with E-state index in [0.717, 1.165) is 25.9 Å². The molecule has 2 rings (SSSR count). The van der Waals surface area contributed by atoms with Crippen LogP contribution >= 0.6 is 24.8 Å². The van der Waals surface area contributed by atoms with E-state index >= 15 is 0 Å². The second kappa shape index (κ2) is 9.62. The minimum absolute atomic E-state index is 0. The Morgan fingerprint density at radius 1 is 1.29 bits per heavy atom.